The maximum Gasteiger partial charge on any atom is 0.255 e. The number of rotatable bonds is 7. The summed E-state index contributed by atoms with van der Waals surface area (Å²) < 4.78 is 30.9. The van der Waals surface area contributed by atoms with E-state index in [1.807, 2.05) is 18.2 Å². The van der Waals surface area contributed by atoms with Crippen LogP contribution in [0.15, 0.2) is 71.6 Å². The Morgan fingerprint density at radius 3 is 2.55 bits per heavy atom. The third-order valence-electron chi connectivity index (χ3n) is 7.42. The second-order valence-electron chi connectivity index (χ2n) is 9.83. The smallest absolute Gasteiger partial charge is 0.255 e. The Balaban J connectivity index is 1.47. The van der Waals surface area contributed by atoms with Gasteiger partial charge in [0.1, 0.15) is 4.90 Å². The third kappa shape index (κ3) is 5.89. The predicted octanol–water partition coefficient (Wildman–Crippen LogP) is 5.09. The van der Waals surface area contributed by atoms with E-state index in [2.05, 4.69) is 32.8 Å². The van der Waals surface area contributed by atoms with Gasteiger partial charge in [0.25, 0.3) is 5.91 Å². The van der Waals surface area contributed by atoms with Crippen LogP contribution in [0.3, 0.4) is 0 Å². The molecule has 0 bridgehead atoms. The molecule has 1 atom stereocenters. The average Bonchev–Trinajstić information content (AvgIpc) is 2.93. The molecule has 1 unspecified atom stereocenters. The lowest BCUT2D eigenvalue weighted by atomic mass is 9.88. The van der Waals surface area contributed by atoms with Gasteiger partial charge in [0.05, 0.1) is 5.69 Å². The molecule has 1 fully saturated rings. The topological polar surface area (TPSA) is 81.8 Å². The highest BCUT2D eigenvalue weighted by Gasteiger charge is 2.30. The molecule has 1 amide bonds. The number of aryl methyl sites for hydroxylation is 1. The fourth-order valence-corrected chi connectivity index (χ4v) is 7.02. The van der Waals surface area contributed by atoms with Crippen LogP contribution < -0.4 is 14.9 Å². The van der Waals surface area contributed by atoms with Gasteiger partial charge >= 0.3 is 0 Å². The van der Waals surface area contributed by atoms with E-state index in [0.29, 0.717) is 22.0 Å². The zero-order chi connectivity index (χ0) is 26.7. The molecule has 3 aromatic rings. The van der Waals surface area contributed by atoms with Crippen molar-refractivity contribution in [1.82, 2.24) is 9.62 Å². The maximum atomic E-state index is 14.0. The van der Waals surface area contributed by atoms with Crippen molar-refractivity contribution in [1.29, 1.82) is 0 Å². The molecule has 0 radical (unpaired) electrons. The minimum atomic E-state index is -3.91. The maximum absolute atomic E-state index is 14.0. The van der Waals surface area contributed by atoms with Crippen molar-refractivity contribution >= 4 is 38.9 Å². The van der Waals surface area contributed by atoms with E-state index >= 15 is 0 Å². The van der Waals surface area contributed by atoms with Crippen LogP contribution in [-0.4, -0.2) is 51.9 Å². The SMILES string of the molecule is CCN1CCN(c2ccc(NC(=O)c3cccc(Cl)c3)cc2S(=O)(=O)NC2CCCc3ccccc32)CC1. The van der Waals surface area contributed by atoms with E-state index in [-0.39, 0.29) is 16.8 Å². The number of anilines is 2. The highest BCUT2D eigenvalue weighted by Crippen LogP contribution is 2.34. The summed E-state index contributed by atoms with van der Waals surface area (Å²) >= 11 is 6.06. The number of nitrogens with one attached hydrogen (secondary N) is 2. The largest absolute Gasteiger partial charge is 0.368 e. The van der Waals surface area contributed by atoms with E-state index in [1.165, 1.54) is 5.56 Å². The summed E-state index contributed by atoms with van der Waals surface area (Å²) in [6, 6.07) is 19.5. The number of hydrogen-bond donors (Lipinski definition) is 2. The molecule has 9 heteroatoms. The average molecular weight is 553 g/mol. The summed E-state index contributed by atoms with van der Waals surface area (Å²) in [5, 5.41) is 3.30. The van der Waals surface area contributed by atoms with Gasteiger partial charge in [0.2, 0.25) is 10.0 Å². The molecule has 5 rings (SSSR count). The van der Waals surface area contributed by atoms with Crippen LogP contribution in [-0.2, 0) is 16.4 Å². The number of likely N-dealkylation sites (N-methyl/N-ethyl adjacent to an activating group) is 1. The molecule has 1 heterocycles. The van der Waals surface area contributed by atoms with Gasteiger partial charge in [-0.3, -0.25) is 4.79 Å². The lowest BCUT2D eigenvalue weighted by molar-refractivity contribution is 0.102. The number of amides is 1. The molecule has 0 aromatic heterocycles. The van der Waals surface area contributed by atoms with Gasteiger partial charge < -0.3 is 15.1 Å². The number of halogens is 1. The summed E-state index contributed by atoms with van der Waals surface area (Å²) in [6.07, 6.45) is 2.62. The molecule has 1 aliphatic carbocycles. The van der Waals surface area contributed by atoms with Crippen LogP contribution in [0.25, 0.3) is 0 Å². The first-order valence-electron chi connectivity index (χ1n) is 13.1. The van der Waals surface area contributed by atoms with Crippen molar-refractivity contribution in [2.75, 3.05) is 42.9 Å². The highest BCUT2D eigenvalue weighted by molar-refractivity contribution is 7.89. The minimum absolute atomic E-state index is 0.175. The number of piperazine rings is 1. The number of sulfonamides is 1. The zero-order valence-corrected chi connectivity index (χ0v) is 23.1. The van der Waals surface area contributed by atoms with Gasteiger partial charge in [-0.25, -0.2) is 13.1 Å². The Hall–Kier alpha value is -2.91. The summed E-state index contributed by atoms with van der Waals surface area (Å²) in [5.74, 6) is -0.352. The number of carbonyl (C=O) groups excluding carboxylic acids is 1. The summed E-state index contributed by atoms with van der Waals surface area (Å²) in [4.78, 5) is 17.5. The van der Waals surface area contributed by atoms with E-state index in [9.17, 15) is 13.2 Å². The second-order valence-corrected chi connectivity index (χ2v) is 12.0. The molecule has 1 saturated heterocycles. The van der Waals surface area contributed by atoms with Gasteiger partial charge in [0.15, 0.2) is 0 Å². The fraction of sp³-hybridized carbons (Fsp3) is 0.345. The van der Waals surface area contributed by atoms with Crippen molar-refractivity contribution in [3.05, 3.63) is 88.4 Å². The fourth-order valence-electron chi connectivity index (χ4n) is 5.33. The Labute approximate surface area is 229 Å². The molecule has 3 aromatic carbocycles. The van der Waals surface area contributed by atoms with Gasteiger partial charge in [-0.1, -0.05) is 48.9 Å². The lowest BCUT2D eigenvalue weighted by Gasteiger charge is -2.36. The first-order chi connectivity index (χ1) is 18.3. The number of hydrogen-bond acceptors (Lipinski definition) is 5. The second kappa shape index (κ2) is 11.5. The monoisotopic (exact) mass is 552 g/mol. The van der Waals surface area contributed by atoms with Crippen LogP contribution in [0.4, 0.5) is 11.4 Å². The standard InChI is InChI=1S/C29H33ClN4O3S/c1-2-33-15-17-34(18-16-33)27-14-13-24(31-29(35)22-9-5-10-23(30)19-22)20-28(27)38(36,37)32-26-12-6-8-21-7-3-4-11-25(21)26/h3-5,7,9-11,13-14,19-20,26,32H,2,6,8,12,15-18H2,1H3,(H,31,35). The van der Waals surface area contributed by atoms with Crippen molar-refractivity contribution in [3.8, 4) is 0 Å². The molecule has 7 nitrogen and oxygen atoms in total. The van der Waals surface area contributed by atoms with Gasteiger partial charge in [0, 0.05) is 48.5 Å². The first kappa shape index (κ1) is 26.7. The Morgan fingerprint density at radius 1 is 1.00 bits per heavy atom. The zero-order valence-electron chi connectivity index (χ0n) is 21.5. The molecule has 0 saturated carbocycles. The van der Waals surface area contributed by atoms with Crippen LogP contribution in [0.1, 0.15) is 47.3 Å². The van der Waals surface area contributed by atoms with E-state index in [0.717, 1.165) is 57.5 Å². The summed E-state index contributed by atoms with van der Waals surface area (Å²) in [7, 11) is -3.91. The Bertz CT molecular complexity index is 1420. The molecule has 0 spiro atoms. The van der Waals surface area contributed by atoms with Crippen molar-refractivity contribution in [2.45, 2.75) is 37.1 Å². The first-order valence-corrected chi connectivity index (χ1v) is 15.0. The summed E-state index contributed by atoms with van der Waals surface area (Å²) in [6.45, 7) is 6.30. The van der Waals surface area contributed by atoms with Crippen molar-refractivity contribution in [2.24, 2.45) is 0 Å². The number of carbonyl (C=O) groups is 1. The minimum Gasteiger partial charge on any atom is -0.368 e. The van der Waals surface area contributed by atoms with Gasteiger partial charge in [-0.15, -0.1) is 0 Å². The molecule has 2 N–H and O–H groups in total. The number of benzene rings is 3. The molecular formula is C29H33ClN4O3S. The normalized spacial score (nSPS) is 18.2. The molecule has 2 aliphatic rings. The van der Waals surface area contributed by atoms with Crippen LogP contribution in [0, 0.1) is 0 Å². The van der Waals surface area contributed by atoms with E-state index in [4.69, 9.17) is 11.6 Å². The van der Waals surface area contributed by atoms with Gasteiger partial charge in [-0.05, 0) is 73.3 Å². The molecular weight excluding hydrogens is 520 g/mol. The Morgan fingerprint density at radius 2 is 1.79 bits per heavy atom. The molecule has 1 aliphatic heterocycles. The number of fused-ring (bicyclic) bond motifs is 1. The third-order valence-corrected chi connectivity index (χ3v) is 9.16. The van der Waals surface area contributed by atoms with Crippen LogP contribution in [0.5, 0.6) is 0 Å². The van der Waals surface area contributed by atoms with E-state index < -0.39 is 10.0 Å². The Kier molecular flexibility index (Phi) is 8.04. The van der Waals surface area contributed by atoms with Crippen LogP contribution >= 0.6 is 11.6 Å². The van der Waals surface area contributed by atoms with Gasteiger partial charge in [-0.2, -0.15) is 0 Å². The number of nitrogens with zero attached hydrogens (tertiary/aromatic N) is 2. The lowest BCUT2D eigenvalue weighted by Crippen LogP contribution is -2.46. The highest BCUT2D eigenvalue weighted by atomic mass is 35.5. The molecule has 200 valence electrons. The predicted molar refractivity (Wildman–Crippen MR) is 153 cm³/mol. The van der Waals surface area contributed by atoms with Crippen LogP contribution in [0.2, 0.25) is 5.02 Å². The van der Waals surface area contributed by atoms with E-state index in [1.54, 1.807) is 42.5 Å². The molecule has 38 heavy (non-hydrogen) atoms. The van der Waals surface area contributed by atoms with Crippen molar-refractivity contribution in [3.63, 3.8) is 0 Å². The summed E-state index contributed by atoms with van der Waals surface area (Å²) in [5.41, 5.74) is 3.68. The quantitative estimate of drug-likeness (QED) is 0.427. The van der Waals surface area contributed by atoms with Crippen molar-refractivity contribution < 1.29 is 13.2 Å².